The van der Waals surface area contributed by atoms with E-state index in [1.54, 1.807) is 30.3 Å². The average molecular weight is 348 g/mol. The van der Waals surface area contributed by atoms with Crippen molar-refractivity contribution in [1.29, 1.82) is 0 Å². The van der Waals surface area contributed by atoms with Gasteiger partial charge in [-0.2, -0.15) is 0 Å². The van der Waals surface area contributed by atoms with Gasteiger partial charge < -0.3 is 9.84 Å². The number of hydrogen-bond acceptors (Lipinski definition) is 2. The van der Waals surface area contributed by atoms with Gasteiger partial charge in [0, 0.05) is 10.0 Å². The second kappa shape index (κ2) is 5.93. The van der Waals surface area contributed by atoms with Crippen LogP contribution >= 0.6 is 39.1 Å². The Labute approximate surface area is 123 Å². The maximum Gasteiger partial charge on any atom is 0.147 e. The van der Waals surface area contributed by atoms with Gasteiger partial charge in [-0.05, 0) is 24.3 Å². The Morgan fingerprint density at radius 1 is 1.11 bits per heavy atom. The minimum Gasteiger partial charge on any atom is -0.455 e. The van der Waals surface area contributed by atoms with Crippen LogP contribution in [0.25, 0.3) is 0 Å². The fourth-order valence-corrected chi connectivity index (χ4v) is 2.11. The van der Waals surface area contributed by atoms with Crippen LogP contribution in [0, 0.1) is 0 Å². The Balaban J connectivity index is 2.39. The first-order valence-corrected chi connectivity index (χ1v) is 6.68. The molecule has 0 fully saturated rings. The molecular formula is C13H9BrCl2O2. The molecule has 0 unspecified atom stereocenters. The third-order valence-electron chi connectivity index (χ3n) is 2.34. The standard InChI is InChI=1S/C13H9BrCl2O2/c14-9-5-4-8(7-17)12(6-9)18-11-3-1-2-10(15)13(11)16/h1-6,17H,7H2. The first-order chi connectivity index (χ1) is 8.61. The Morgan fingerprint density at radius 2 is 1.89 bits per heavy atom. The van der Waals surface area contributed by atoms with Crippen molar-refractivity contribution in [2.75, 3.05) is 0 Å². The first kappa shape index (κ1) is 13.7. The summed E-state index contributed by atoms with van der Waals surface area (Å²) >= 11 is 15.3. The van der Waals surface area contributed by atoms with Crippen molar-refractivity contribution >= 4 is 39.1 Å². The summed E-state index contributed by atoms with van der Waals surface area (Å²) in [5.74, 6) is 0.994. The fourth-order valence-electron chi connectivity index (χ4n) is 1.44. The van der Waals surface area contributed by atoms with Crippen LogP contribution in [0.3, 0.4) is 0 Å². The number of ether oxygens (including phenoxy) is 1. The molecule has 0 amide bonds. The van der Waals surface area contributed by atoms with E-state index in [1.807, 2.05) is 6.07 Å². The van der Waals surface area contributed by atoms with Crippen LogP contribution in [0.2, 0.25) is 10.0 Å². The molecule has 0 aromatic heterocycles. The Kier molecular flexibility index (Phi) is 4.51. The van der Waals surface area contributed by atoms with Gasteiger partial charge in [0.05, 0.1) is 11.6 Å². The summed E-state index contributed by atoms with van der Waals surface area (Å²) in [6, 6.07) is 10.5. The lowest BCUT2D eigenvalue weighted by molar-refractivity contribution is 0.276. The van der Waals surface area contributed by atoms with E-state index in [4.69, 9.17) is 27.9 Å². The molecule has 0 heterocycles. The lowest BCUT2D eigenvalue weighted by Gasteiger charge is -2.12. The molecule has 18 heavy (non-hydrogen) atoms. The van der Waals surface area contributed by atoms with Gasteiger partial charge in [0.2, 0.25) is 0 Å². The monoisotopic (exact) mass is 346 g/mol. The average Bonchev–Trinajstić information content (AvgIpc) is 2.35. The maximum absolute atomic E-state index is 9.26. The lowest BCUT2D eigenvalue weighted by Crippen LogP contribution is -1.92. The summed E-state index contributed by atoms with van der Waals surface area (Å²) in [5.41, 5.74) is 0.675. The van der Waals surface area contributed by atoms with Gasteiger partial charge in [-0.15, -0.1) is 0 Å². The highest BCUT2D eigenvalue weighted by Crippen LogP contribution is 2.36. The highest BCUT2D eigenvalue weighted by atomic mass is 79.9. The normalized spacial score (nSPS) is 10.4. The number of aliphatic hydroxyl groups is 1. The first-order valence-electron chi connectivity index (χ1n) is 5.13. The summed E-state index contributed by atoms with van der Waals surface area (Å²) in [5, 5.41) is 10.0. The number of hydrogen-bond donors (Lipinski definition) is 1. The molecule has 0 spiro atoms. The summed E-state index contributed by atoms with van der Waals surface area (Å²) in [4.78, 5) is 0. The van der Waals surface area contributed by atoms with E-state index >= 15 is 0 Å². The Hall–Kier alpha value is -0.740. The van der Waals surface area contributed by atoms with Crippen LogP contribution < -0.4 is 4.74 Å². The van der Waals surface area contributed by atoms with Gasteiger partial charge in [-0.25, -0.2) is 0 Å². The molecule has 0 aliphatic carbocycles. The quantitative estimate of drug-likeness (QED) is 0.842. The van der Waals surface area contributed by atoms with Gasteiger partial charge in [0.15, 0.2) is 0 Å². The molecule has 0 atom stereocenters. The zero-order valence-electron chi connectivity index (χ0n) is 9.16. The Bertz CT molecular complexity index is 573. The number of benzene rings is 2. The molecule has 0 saturated heterocycles. The molecule has 2 nitrogen and oxygen atoms in total. The zero-order chi connectivity index (χ0) is 13.1. The molecule has 94 valence electrons. The molecule has 0 aliphatic heterocycles. The van der Waals surface area contributed by atoms with E-state index in [1.165, 1.54) is 0 Å². The van der Waals surface area contributed by atoms with Gasteiger partial charge in [-0.1, -0.05) is 51.3 Å². The highest BCUT2D eigenvalue weighted by molar-refractivity contribution is 9.10. The zero-order valence-corrected chi connectivity index (χ0v) is 12.3. The molecule has 1 N–H and O–H groups in total. The summed E-state index contributed by atoms with van der Waals surface area (Å²) < 4.78 is 6.54. The van der Waals surface area contributed by atoms with E-state index in [0.717, 1.165) is 4.47 Å². The summed E-state index contributed by atoms with van der Waals surface area (Å²) in [6.45, 7) is -0.110. The molecule has 2 rings (SSSR count). The van der Waals surface area contributed by atoms with E-state index < -0.39 is 0 Å². The topological polar surface area (TPSA) is 29.5 Å². The van der Waals surface area contributed by atoms with Crippen molar-refractivity contribution in [3.63, 3.8) is 0 Å². The van der Waals surface area contributed by atoms with E-state index in [2.05, 4.69) is 15.9 Å². The highest BCUT2D eigenvalue weighted by Gasteiger charge is 2.10. The van der Waals surface area contributed by atoms with Crippen molar-refractivity contribution in [1.82, 2.24) is 0 Å². The van der Waals surface area contributed by atoms with Crippen LogP contribution in [0.1, 0.15) is 5.56 Å². The van der Waals surface area contributed by atoms with Crippen molar-refractivity contribution in [3.05, 3.63) is 56.5 Å². The molecule has 0 bridgehead atoms. The molecule has 0 aliphatic rings. The van der Waals surface area contributed by atoms with Crippen LogP contribution in [0.4, 0.5) is 0 Å². The van der Waals surface area contributed by atoms with Gasteiger partial charge in [-0.3, -0.25) is 0 Å². The van der Waals surface area contributed by atoms with E-state index in [-0.39, 0.29) is 6.61 Å². The largest absolute Gasteiger partial charge is 0.455 e. The molecular weight excluding hydrogens is 339 g/mol. The molecule has 0 saturated carbocycles. The summed E-state index contributed by atoms with van der Waals surface area (Å²) in [7, 11) is 0. The minimum atomic E-state index is -0.110. The predicted octanol–water partition coefficient (Wildman–Crippen LogP) is 5.04. The smallest absolute Gasteiger partial charge is 0.147 e. The van der Waals surface area contributed by atoms with Crippen LogP contribution in [-0.2, 0) is 6.61 Å². The molecule has 2 aromatic carbocycles. The summed E-state index contributed by atoms with van der Waals surface area (Å²) in [6.07, 6.45) is 0. The number of halogens is 3. The van der Waals surface area contributed by atoms with Crippen LogP contribution in [-0.4, -0.2) is 5.11 Å². The third-order valence-corrected chi connectivity index (χ3v) is 3.63. The predicted molar refractivity (Wildman–Crippen MR) is 76.6 cm³/mol. The second-order valence-corrected chi connectivity index (χ2v) is 5.27. The van der Waals surface area contributed by atoms with Gasteiger partial charge in [0.1, 0.15) is 16.5 Å². The van der Waals surface area contributed by atoms with Crippen molar-refractivity contribution in [2.45, 2.75) is 6.61 Å². The second-order valence-electron chi connectivity index (χ2n) is 3.56. The molecule has 5 heteroatoms. The van der Waals surface area contributed by atoms with Crippen molar-refractivity contribution in [3.8, 4) is 11.5 Å². The van der Waals surface area contributed by atoms with Crippen LogP contribution in [0.15, 0.2) is 40.9 Å². The maximum atomic E-state index is 9.26. The lowest BCUT2D eigenvalue weighted by atomic mass is 10.2. The van der Waals surface area contributed by atoms with Gasteiger partial charge in [0.25, 0.3) is 0 Å². The van der Waals surface area contributed by atoms with Crippen molar-refractivity contribution < 1.29 is 9.84 Å². The third kappa shape index (κ3) is 2.98. The van der Waals surface area contributed by atoms with E-state index in [0.29, 0.717) is 27.1 Å². The van der Waals surface area contributed by atoms with Gasteiger partial charge >= 0.3 is 0 Å². The number of aliphatic hydroxyl groups excluding tert-OH is 1. The van der Waals surface area contributed by atoms with Crippen LogP contribution in [0.5, 0.6) is 11.5 Å². The SMILES string of the molecule is OCc1ccc(Br)cc1Oc1cccc(Cl)c1Cl. The van der Waals surface area contributed by atoms with E-state index in [9.17, 15) is 5.11 Å². The number of rotatable bonds is 3. The molecule has 2 aromatic rings. The minimum absolute atomic E-state index is 0.110. The Morgan fingerprint density at radius 3 is 2.61 bits per heavy atom. The molecule has 0 radical (unpaired) electrons. The van der Waals surface area contributed by atoms with Crippen molar-refractivity contribution in [2.24, 2.45) is 0 Å². The fraction of sp³-hybridized carbons (Fsp3) is 0.0769.